The molecule has 4 atom stereocenters. The van der Waals surface area contributed by atoms with Crippen molar-refractivity contribution >= 4 is 70.2 Å². The molecule has 9 aromatic carbocycles. The van der Waals surface area contributed by atoms with Crippen molar-refractivity contribution in [2.24, 2.45) is 46.4 Å². The van der Waals surface area contributed by atoms with Crippen LogP contribution in [-0.2, 0) is 52.0 Å². The average Bonchev–Trinajstić information content (AvgIpc) is 0.870. The van der Waals surface area contributed by atoms with Crippen LogP contribution < -0.4 is 54.7 Å². The van der Waals surface area contributed by atoms with E-state index in [4.69, 9.17) is 33.4 Å². The molecule has 3 aliphatic carbocycles. The molecule has 15 N–H and O–H groups in total. The molecule has 132 heavy (non-hydrogen) atoms. The number of nitrogens with one attached hydrogen (secondary N) is 5. The van der Waals surface area contributed by atoms with E-state index in [-0.39, 0.29) is 53.1 Å². The minimum absolute atomic E-state index is 0. The molecule has 3 fully saturated rings. The first-order chi connectivity index (χ1) is 62.4. The van der Waals surface area contributed by atoms with E-state index in [2.05, 4.69) is 53.4 Å². The molecule has 0 spiro atoms. The second-order valence-corrected chi connectivity index (χ2v) is 38.0. The molecule has 15 rings (SSSR count). The number of anilines is 3. The molecule has 0 saturated heterocycles. The van der Waals surface area contributed by atoms with Gasteiger partial charge in [-0.15, -0.1) is 12.4 Å². The zero-order chi connectivity index (χ0) is 93.9. The highest BCUT2D eigenvalue weighted by Crippen LogP contribution is 2.46. The van der Waals surface area contributed by atoms with E-state index in [1.54, 1.807) is 163 Å². The van der Waals surface area contributed by atoms with Gasteiger partial charge in [0.05, 0.1) is 107 Å². The first kappa shape index (κ1) is 97.8. The maximum Gasteiger partial charge on any atom is 0.407 e. The lowest BCUT2D eigenvalue weighted by molar-refractivity contribution is 0.0522. The maximum atomic E-state index is 15.7. The van der Waals surface area contributed by atoms with E-state index >= 15 is 13.2 Å². The van der Waals surface area contributed by atoms with Crippen LogP contribution in [0.15, 0.2) is 218 Å². The molecule has 3 heterocycles. The molecule has 686 valence electrons. The van der Waals surface area contributed by atoms with Crippen molar-refractivity contribution in [2.45, 2.75) is 186 Å². The summed E-state index contributed by atoms with van der Waals surface area (Å²) in [5.74, 6) is -2.22. The van der Waals surface area contributed by atoms with Gasteiger partial charge in [-0.2, -0.15) is 25.8 Å². The van der Waals surface area contributed by atoms with Crippen molar-refractivity contribution in [3.63, 3.8) is 0 Å². The number of carbonyl (C=O) groups excluding carboxylic acids is 5. The van der Waals surface area contributed by atoms with Crippen LogP contribution in [0.2, 0.25) is 0 Å². The van der Waals surface area contributed by atoms with Crippen molar-refractivity contribution in [3.8, 4) is 29.2 Å². The molecule has 3 aliphatic rings. The van der Waals surface area contributed by atoms with E-state index in [1.807, 2.05) is 99.6 Å². The number of ether oxygens (including phenoxy) is 1. The first-order valence-electron chi connectivity index (χ1n) is 43.8. The van der Waals surface area contributed by atoms with Gasteiger partial charge in [0.25, 0.3) is 17.7 Å². The molecule has 3 unspecified atom stereocenters. The Morgan fingerprint density at radius 3 is 1.20 bits per heavy atom. The van der Waals surface area contributed by atoms with Crippen LogP contribution in [0, 0.1) is 78.6 Å². The minimum atomic E-state index is -1.55. The number of nitrogens with zero attached hydrogens (tertiary/aromatic N) is 8. The van der Waals surface area contributed by atoms with E-state index < -0.39 is 85.1 Å². The molecule has 12 aromatic rings. The lowest BCUT2D eigenvalue weighted by Crippen LogP contribution is -2.49. The third kappa shape index (κ3) is 24.3. The highest BCUT2D eigenvalue weighted by atomic mass is 35.5. The number of amides is 5. The van der Waals surface area contributed by atoms with Gasteiger partial charge in [-0.3, -0.25) is 19.2 Å². The van der Waals surface area contributed by atoms with Gasteiger partial charge in [0.1, 0.15) is 40.1 Å². The number of hydrogen-bond donors (Lipinski definition) is 10. The molecule has 5 amide bonds. The largest absolute Gasteiger partial charge is 0.444 e. The number of benzene rings is 9. The second kappa shape index (κ2) is 41.9. The van der Waals surface area contributed by atoms with Gasteiger partial charge < -0.3 is 54.7 Å². The molecular weight excluding hydrogens is 1710 g/mol. The summed E-state index contributed by atoms with van der Waals surface area (Å²) in [4.78, 5) is 64.9. The normalized spacial score (nSPS) is 14.5. The summed E-state index contributed by atoms with van der Waals surface area (Å²) < 4.78 is 72.3. The Hall–Kier alpha value is -13.2. The van der Waals surface area contributed by atoms with Crippen molar-refractivity contribution < 1.29 is 46.1 Å². The minimum Gasteiger partial charge on any atom is -0.444 e. The number of nitrogens with two attached hydrogens (primary N) is 5. The molecule has 3 aromatic heterocycles. The van der Waals surface area contributed by atoms with Crippen molar-refractivity contribution in [2.75, 3.05) is 16.0 Å². The fraction of sp³-hybridized carbons (Fsp3) is 0.314. The zero-order valence-electron chi connectivity index (χ0n) is 75.4. The Bertz CT molecular complexity index is 6370. The molecule has 0 aliphatic heterocycles. The number of primary amides is 1. The van der Waals surface area contributed by atoms with Crippen LogP contribution in [-0.4, -0.2) is 73.6 Å². The van der Waals surface area contributed by atoms with E-state index in [1.165, 1.54) is 45.1 Å². The summed E-state index contributed by atoms with van der Waals surface area (Å²) in [5.41, 5.74) is 39.9. The molecule has 30 heteroatoms. The van der Waals surface area contributed by atoms with Gasteiger partial charge in [-0.05, 0) is 296 Å². The fourth-order valence-corrected chi connectivity index (χ4v) is 16.7. The van der Waals surface area contributed by atoms with Gasteiger partial charge >= 0.3 is 6.09 Å². The Morgan fingerprint density at radius 2 is 0.811 bits per heavy atom. The van der Waals surface area contributed by atoms with Gasteiger partial charge in [0.2, 0.25) is 5.91 Å². The number of alkyl carbamates (subject to hydrolysis) is 1. The highest BCUT2D eigenvalue weighted by molar-refractivity contribution is 7.84. The molecule has 3 saturated carbocycles. The van der Waals surface area contributed by atoms with Gasteiger partial charge in [-0.1, -0.05) is 130 Å². The molecule has 0 radical (unpaired) electrons. The monoisotopic (exact) mass is 1820 g/mol. The second-order valence-electron chi connectivity index (χ2n) is 36.1. The Balaban J connectivity index is 0.000000180. The Labute approximate surface area is 775 Å². The Kier molecular flexibility index (Phi) is 31.0. The highest BCUT2D eigenvalue weighted by Gasteiger charge is 2.42. The average molecular weight is 1830 g/mol. The molecule has 25 nitrogen and oxygen atoms in total. The predicted molar refractivity (Wildman–Crippen MR) is 509 cm³/mol. The summed E-state index contributed by atoms with van der Waals surface area (Å²) in [6, 6.07) is 66.3. The lowest BCUT2D eigenvalue weighted by atomic mass is 9.79. The predicted octanol–water partition coefficient (Wildman–Crippen LogP) is 18.2. The van der Waals surface area contributed by atoms with Gasteiger partial charge in [-0.25, -0.2) is 40.9 Å². The summed E-state index contributed by atoms with van der Waals surface area (Å²) in [6.07, 6.45) is 10.7. The third-order valence-corrected chi connectivity index (χ3v) is 25.2. The van der Waals surface area contributed by atoms with E-state index in [0.29, 0.717) is 123 Å². The first-order valence-corrected chi connectivity index (χ1v) is 45.0. The number of nitriles is 2. The van der Waals surface area contributed by atoms with E-state index in [9.17, 15) is 38.7 Å². The molecule has 0 bridgehead atoms. The topological polar surface area (TPSA) is 403 Å². The standard InChI is InChI=1S/C40H47FN6O4S.C31H33FN6O2.C31H31FN6O.ClH/c1-26-20-35(47(45-26)32-13-9-11-29(22-32)25-43-37(49)51-38(2,3)4)36(48)44-34-23-31(16-17-33(34)41)40(19-18-27-14-15-27,46-52(50)39(5,6)7)30-12-8-10-28(21-30)24-42;1-19-14-28(38(37-19)25-7-2-4-21(15-25)18-33)30(40)36-27-17-24(10-11-26(27)32)31(35,13-12-20-8-9-20)23-6-3-5-22(16-23)29(34)39;1-20-14-29(38(37-20)26-7-3-5-23(16-26)19-34)30(39)36-28-17-25(10-11-27(28)32)31(35,13-12-21-8-9-21)24-6-2-4-22(15-24)18-33;/h8-13,16-17,20-23,27,46H,14-15,18-19,25H2,1-7H3,(H,43,49)(H,44,48);2-7,10-11,14-17,20H,8-9,12-13,18,33,35H2,1H3,(H2,34,39)(H,36,40);2-7,10-11,14-17,21H,8-9,12-13,19,34-35H2,1H3,(H,36,39);1H/t40?,52-;;;/m1.../s1. The van der Waals surface area contributed by atoms with Crippen molar-refractivity contribution in [3.05, 3.63) is 337 Å². The van der Waals surface area contributed by atoms with Crippen LogP contribution >= 0.6 is 12.4 Å². The van der Waals surface area contributed by atoms with E-state index in [0.717, 1.165) is 72.8 Å². The van der Waals surface area contributed by atoms with Crippen LogP contribution in [0.3, 0.4) is 0 Å². The van der Waals surface area contributed by atoms with Gasteiger partial charge in [0.15, 0.2) is 0 Å². The number of aromatic nitrogens is 6. The summed E-state index contributed by atoms with van der Waals surface area (Å²) in [7, 11) is -1.55. The van der Waals surface area contributed by atoms with Crippen molar-refractivity contribution in [1.82, 2.24) is 39.4 Å². The lowest BCUT2D eigenvalue weighted by Gasteiger charge is -2.38. The van der Waals surface area contributed by atoms with Gasteiger partial charge in [0, 0.05) is 25.2 Å². The third-order valence-electron chi connectivity index (χ3n) is 23.5. The summed E-state index contributed by atoms with van der Waals surface area (Å²) in [6.45, 7) is 17.2. The molecular formula is C102H112ClF3N18O7S. The Morgan fingerprint density at radius 1 is 0.462 bits per heavy atom. The van der Waals surface area contributed by atoms with Crippen LogP contribution in [0.4, 0.5) is 35.0 Å². The van der Waals surface area contributed by atoms with Crippen LogP contribution in [0.5, 0.6) is 0 Å². The van der Waals surface area contributed by atoms with Crippen LogP contribution in [0.1, 0.15) is 239 Å². The number of rotatable bonds is 31. The fourth-order valence-electron chi connectivity index (χ4n) is 15.8. The zero-order valence-corrected chi connectivity index (χ0v) is 77.0. The van der Waals surface area contributed by atoms with Crippen molar-refractivity contribution in [1.29, 1.82) is 10.5 Å². The quantitative estimate of drug-likeness (QED) is 0.0193. The number of halogens is 4. The number of hydrogen-bond acceptors (Lipinski definition) is 16. The maximum absolute atomic E-state index is 15.7. The van der Waals surface area contributed by atoms with Crippen LogP contribution in [0.25, 0.3) is 17.1 Å². The number of aryl methyl sites for hydroxylation is 3. The summed E-state index contributed by atoms with van der Waals surface area (Å²) in [5, 5.41) is 43.7. The summed E-state index contributed by atoms with van der Waals surface area (Å²) >= 11 is 0. The number of carbonyl (C=O) groups is 5. The SMILES string of the molecule is Cc1cc(C(=O)Nc2cc(C(CCC3CC3)(N[S@](=O)C(C)(C)C)c3cccc(C#N)c3)ccc2F)n(-c2cccc(CNC(=O)OC(C)(C)C)c2)n1.Cc1cc(C(=O)Nc2cc(C(N)(CCC3CC3)c3cccc(C#N)c3)ccc2F)n(-c2cccc(CN)c2)n1.Cc1cc(C(=O)Nc2cc(C(N)(CCC3CC3)c3cccc(C(N)=O)c3)ccc2F)n(-c2cccc(CN)c2)n1.Cl. The smallest absolute Gasteiger partial charge is 0.407 e.